The summed E-state index contributed by atoms with van der Waals surface area (Å²) in [6.07, 6.45) is 8.02. The number of hydrogen-bond acceptors (Lipinski definition) is 2. The van der Waals surface area contributed by atoms with E-state index in [1.54, 1.807) is 0 Å². The number of rotatable bonds is 7. The molecule has 0 aromatic heterocycles. The minimum Gasteiger partial charge on any atom is -0.329 e. The lowest BCUT2D eigenvalue weighted by atomic mass is 9.93. The van der Waals surface area contributed by atoms with E-state index in [-0.39, 0.29) is 0 Å². The second-order valence-corrected chi connectivity index (χ2v) is 5.57. The maximum absolute atomic E-state index is 6.05. The number of nitrogens with two attached hydrogens (primary N) is 1. The van der Waals surface area contributed by atoms with Crippen molar-refractivity contribution in [1.82, 2.24) is 4.90 Å². The molecule has 1 rings (SSSR count). The van der Waals surface area contributed by atoms with Gasteiger partial charge in [-0.3, -0.25) is 4.90 Å². The molecule has 1 fully saturated rings. The van der Waals surface area contributed by atoms with Crippen LogP contribution in [0.2, 0.25) is 0 Å². The Bertz CT molecular complexity index is 185. The number of nitrogens with zero attached hydrogens (tertiary/aromatic N) is 1. The fourth-order valence-electron chi connectivity index (χ4n) is 3.30. The summed E-state index contributed by atoms with van der Waals surface area (Å²) < 4.78 is 0. The summed E-state index contributed by atoms with van der Waals surface area (Å²) in [5, 5.41) is 0. The summed E-state index contributed by atoms with van der Waals surface area (Å²) in [6.45, 7) is 10.2. The van der Waals surface area contributed by atoms with E-state index in [1.165, 1.54) is 45.1 Å². The first-order chi connectivity index (χ1) is 7.68. The molecule has 1 aliphatic rings. The molecule has 2 heteroatoms. The molecule has 96 valence electrons. The van der Waals surface area contributed by atoms with Crippen molar-refractivity contribution in [3.63, 3.8) is 0 Å². The van der Waals surface area contributed by atoms with Crippen LogP contribution in [0.4, 0.5) is 0 Å². The third-order valence-corrected chi connectivity index (χ3v) is 4.28. The molecule has 16 heavy (non-hydrogen) atoms. The van der Waals surface area contributed by atoms with Gasteiger partial charge >= 0.3 is 0 Å². The van der Waals surface area contributed by atoms with Crippen molar-refractivity contribution in [2.45, 2.75) is 64.8 Å². The largest absolute Gasteiger partial charge is 0.329 e. The second kappa shape index (κ2) is 6.61. The van der Waals surface area contributed by atoms with Crippen molar-refractivity contribution in [1.29, 1.82) is 0 Å². The molecule has 1 saturated carbocycles. The van der Waals surface area contributed by atoms with E-state index in [2.05, 4.69) is 25.7 Å². The Morgan fingerprint density at radius 1 is 1.25 bits per heavy atom. The Morgan fingerprint density at radius 3 is 2.31 bits per heavy atom. The minimum absolute atomic E-state index is 0.344. The van der Waals surface area contributed by atoms with Crippen molar-refractivity contribution in [2.24, 2.45) is 11.7 Å². The topological polar surface area (TPSA) is 29.3 Å². The normalized spacial score (nSPS) is 21.6. The molecule has 0 radical (unpaired) electrons. The lowest BCUT2D eigenvalue weighted by Gasteiger charge is -2.41. The molecule has 0 saturated heterocycles. The van der Waals surface area contributed by atoms with Crippen LogP contribution in [0.5, 0.6) is 0 Å². The highest BCUT2D eigenvalue weighted by Gasteiger charge is 2.37. The average molecular weight is 226 g/mol. The van der Waals surface area contributed by atoms with Gasteiger partial charge in [0.1, 0.15) is 0 Å². The van der Waals surface area contributed by atoms with E-state index >= 15 is 0 Å². The Labute approximate surface area is 102 Å². The van der Waals surface area contributed by atoms with Gasteiger partial charge in [0.05, 0.1) is 0 Å². The zero-order valence-electron chi connectivity index (χ0n) is 11.5. The Hall–Kier alpha value is -0.0800. The fourth-order valence-corrected chi connectivity index (χ4v) is 3.30. The molecular formula is C14H30N2. The molecule has 1 unspecified atom stereocenters. The molecule has 0 aliphatic heterocycles. The Kier molecular flexibility index (Phi) is 5.77. The van der Waals surface area contributed by atoms with Gasteiger partial charge in [0, 0.05) is 18.6 Å². The highest BCUT2D eigenvalue weighted by molar-refractivity contribution is 4.95. The van der Waals surface area contributed by atoms with Crippen LogP contribution in [-0.2, 0) is 0 Å². The van der Waals surface area contributed by atoms with Gasteiger partial charge in [-0.05, 0) is 31.7 Å². The molecule has 0 aromatic carbocycles. The highest BCUT2D eigenvalue weighted by Crippen LogP contribution is 2.35. The maximum atomic E-state index is 6.05. The van der Waals surface area contributed by atoms with E-state index in [4.69, 9.17) is 5.73 Å². The molecule has 2 nitrogen and oxygen atoms in total. The maximum Gasteiger partial charge on any atom is 0.0331 e. The van der Waals surface area contributed by atoms with Gasteiger partial charge in [-0.2, -0.15) is 0 Å². The number of hydrogen-bond donors (Lipinski definition) is 1. The first-order valence-electron chi connectivity index (χ1n) is 7.13. The predicted octanol–water partition coefficient (Wildman–Crippen LogP) is 3.02. The van der Waals surface area contributed by atoms with Crippen molar-refractivity contribution in [3.05, 3.63) is 0 Å². The molecule has 0 spiro atoms. The molecule has 0 heterocycles. The Morgan fingerprint density at radius 2 is 1.88 bits per heavy atom. The van der Waals surface area contributed by atoms with Crippen LogP contribution in [-0.4, -0.2) is 30.1 Å². The van der Waals surface area contributed by atoms with Crippen LogP contribution in [0.3, 0.4) is 0 Å². The zero-order chi connectivity index (χ0) is 12.0. The van der Waals surface area contributed by atoms with E-state index in [0.717, 1.165) is 19.0 Å². The Balaban J connectivity index is 2.57. The van der Waals surface area contributed by atoms with E-state index in [0.29, 0.717) is 5.54 Å². The summed E-state index contributed by atoms with van der Waals surface area (Å²) in [4.78, 5) is 2.67. The minimum atomic E-state index is 0.344. The van der Waals surface area contributed by atoms with Gasteiger partial charge in [0.25, 0.3) is 0 Å². The molecule has 0 amide bonds. The third kappa shape index (κ3) is 3.21. The fraction of sp³-hybridized carbons (Fsp3) is 1.00. The zero-order valence-corrected chi connectivity index (χ0v) is 11.5. The average Bonchev–Trinajstić information content (AvgIpc) is 2.76. The van der Waals surface area contributed by atoms with Crippen LogP contribution in [0.1, 0.15) is 59.3 Å². The molecule has 1 aliphatic carbocycles. The molecule has 0 bridgehead atoms. The first kappa shape index (κ1) is 14.0. The molecule has 1 atom stereocenters. The van der Waals surface area contributed by atoms with Crippen molar-refractivity contribution < 1.29 is 0 Å². The lowest BCUT2D eigenvalue weighted by molar-refractivity contribution is 0.0869. The lowest BCUT2D eigenvalue weighted by Crippen LogP contribution is -2.53. The summed E-state index contributed by atoms with van der Waals surface area (Å²) in [7, 11) is 0. The predicted molar refractivity (Wildman–Crippen MR) is 71.6 cm³/mol. The SMILES string of the molecule is CCCC(C)CN(CC)C1(CN)CCCC1. The van der Waals surface area contributed by atoms with E-state index in [1.807, 2.05) is 0 Å². The summed E-state index contributed by atoms with van der Waals surface area (Å²) in [5.74, 6) is 0.814. The standard InChI is InChI=1S/C14H30N2/c1-4-8-13(3)11-16(5-2)14(12-15)9-6-7-10-14/h13H,4-12,15H2,1-3H3. The van der Waals surface area contributed by atoms with Gasteiger partial charge in [0.15, 0.2) is 0 Å². The van der Waals surface area contributed by atoms with Crippen LogP contribution >= 0.6 is 0 Å². The van der Waals surface area contributed by atoms with E-state index < -0.39 is 0 Å². The quantitative estimate of drug-likeness (QED) is 0.723. The summed E-state index contributed by atoms with van der Waals surface area (Å²) >= 11 is 0. The third-order valence-electron chi connectivity index (χ3n) is 4.28. The van der Waals surface area contributed by atoms with Gasteiger partial charge in [-0.1, -0.05) is 40.0 Å². The van der Waals surface area contributed by atoms with Crippen molar-refractivity contribution >= 4 is 0 Å². The van der Waals surface area contributed by atoms with Crippen LogP contribution in [0.25, 0.3) is 0 Å². The first-order valence-corrected chi connectivity index (χ1v) is 7.13. The summed E-state index contributed by atoms with van der Waals surface area (Å²) in [5.41, 5.74) is 6.40. The smallest absolute Gasteiger partial charge is 0.0331 e. The van der Waals surface area contributed by atoms with Crippen LogP contribution < -0.4 is 5.73 Å². The van der Waals surface area contributed by atoms with Gasteiger partial charge in [-0.15, -0.1) is 0 Å². The van der Waals surface area contributed by atoms with Crippen molar-refractivity contribution in [2.75, 3.05) is 19.6 Å². The van der Waals surface area contributed by atoms with Gasteiger partial charge in [-0.25, -0.2) is 0 Å². The van der Waals surface area contributed by atoms with Crippen LogP contribution in [0.15, 0.2) is 0 Å². The van der Waals surface area contributed by atoms with E-state index in [9.17, 15) is 0 Å². The molecule has 2 N–H and O–H groups in total. The number of likely N-dealkylation sites (N-methyl/N-ethyl adjacent to an activating group) is 1. The summed E-state index contributed by atoms with van der Waals surface area (Å²) in [6, 6.07) is 0. The van der Waals surface area contributed by atoms with Crippen LogP contribution in [0, 0.1) is 5.92 Å². The van der Waals surface area contributed by atoms with Gasteiger partial charge in [0.2, 0.25) is 0 Å². The van der Waals surface area contributed by atoms with Gasteiger partial charge < -0.3 is 5.73 Å². The second-order valence-electron chi connectivity index (χ2n) is 5.57. The highest BCUT2D eigenvalue weighted by atomic mass is 15.2. The molecular weight excluding hydrogens is 196 g/mol. The molecule has 0 aromatic rings. The van der Waals surface area contributed by atoms with Crippen molar-refractivity contribution in [3.8, 4) is 0 Å². The monoisotopic (exact) mass is 226 g/mol.